The summed E-state index contributed by atoms with van der Waals surface area (Å²) >= 11 is 1.69. The maximum absolute atomic E-state index is 9.33. The lowest BCUT2D eigenvalue weighted by Gasteiger charge is -2.25. The number of thioether (sulfide) groups is 1. The summed E-state index contributed by atoms with van der Waals surface area (Å²) in [6.45, 7) is 4.46. The zero-order chi connectivity index (χ0) is 15.8. The van der Waals surface area contributed by atoms with Crippen LogP contribution < -0.4 is 14.8 Å². The minimum Gasteiger partial charge on any atom is -0.493 e. The smallest absolute Gasteiger partial charge is 0.160 e. The van der Waals surface area contributed by atoms with Gasteiger partial charge in [0.05, 0.1) is 20.8 Å². The molecule has 1 aromatic carbocycles. The summed E-state index contributed by atoms with van der Waals surface area (Å²) in [6.07, 6.45) is 2.93. The Hall–Kier alpha value is -0.910. The summed E-state index contributed by atoms with van der Waals surface area (Å²) in [4.78, 5) is 0. The van der Waals surface area contributed by atoms with Gasteiger partial charge in [0, 0.05) is 17.3 Å². The normalized spacial score (nSPS) is 15.3. The van der Waals surface area contributed by atoms with Crippen molar-refractivity contribution in [3.63, 3.8) is 0 Å². The monoisotopic (exact) mass is 313 g/mol. The molecular formula is C16H27NO3S. The minimum atomic E-state index is 0.193. The molecule has 1 rings (SSSR count). The number of ether oxygens (including phenoxy) is 2. The molecule has 3 unspecified atom stereocenters. The van der Waals surface area contributed by atoms with Gasteiger partial charge in [0.25, 0.3) is 0 Å². The van der Waals surface area contributed by atoms with Gasteiger partial charge in [-0.15, -0.1) is 0 Å². The van der Waals surface area contributed by atoms with Crippen LogP contribution in [0.3, 0.4) is 0 Å². The molecule has 0 aliphatic rings. The quantitative estimate of drug-likeness (QED) is 0.733. The van der Waals surface area contributed by atoms with Crippen LogP contribution in [-0.4, -0.2) is 49.5 Å². The van der Waals surface area contributed by atoms with Crippen molar-refractivity contribution in [1.82, 2.24) is 5.32 Å². The van der Waals surface area contributed by atoms with Crippen molar-refractivity contribution < 1.29 is 14.6 Å². The van der Waals surface area contributed by atoms with Crippen LogP contribution in [0.2, 0.25) is 0 Å². The fourth-order valence-electron chi connectivity index (χ4n) is 2.41. The Bertz CT molecular complexity index is 424. The molecule has 0 aliphatic carbocycles. The molecule has 0 saturated heterocycles. The number of benzene rings is 1. The Labute approximate surface area is 132 Å². The molecule has 0 amide bonds. The summed E-state index contributed by atoms with van der Waals surface area (Å²) in [5.41, 5.74) is 1.20. The summed E-state index contributed by atoms with van der Waals surface area (Å²) in [7, 11) is 3.29. The lowest BCUT2D eigenvalue weighted by atomic mass is 10.1. The van der Waals surface area contributed by atoms with Crippen molar-refractivity contribution in [2.75, 3.05) is 27.1 Å². The predicted molar refractivity (Wildman–Crippen MR) is 89.7 cm³/mol. The Morgan fingerprint density at radius 1 is 1.19 bits per heavy atom. The topological polar surface area (TPSA) is 50.7 Å². The average molecular weight is 313 g/mol. The van der Waals surface area contributed by atoms with Crippen LogP contribution in [0.15, 0.2) is 18.2 Å². The molecule has 120 valence electrons. The Balaban J connectivity index is 2.64. The molecule has 21 heavy (non-hydrogen) atoms. The zero-order valence-electron chi connectivity index (χ0n) is 13.6. The van der Waals surface area contributed by atoms with E-state index in [4.69, 9.17) is 9.47 Å². The molecule has 0 bridgehead atoms. The second-order valence-corrected chi connectivity index (χ2v) is 6.28. The number of aliphatic hydroxyl groups is 1. The van der Waals surface area contributed by atoms with E-state index in [-0.39, 0.29) is 17.9 Å². The third kappa shape index (κ3) is 5.41. The molecule has 4 nitrogen and oxygen atoms in total. The Kier molecular flexibility index (Phi) is 7.93. The first-order valence-corrected chi connectivity index (χ1v) is 8.45. The maximum atomic E-state index is 9.33. The molecule has 0 radical (unpaired) electrons. The number of hydrogen-bond acceptors (Lipinski definition) is 5. The van der Waals surface area contributed by atoms with Gasteiger partial charge in [-0.3, -0.25) is 0 Å². The molecule has 2 N–H and O–H groups in total. The van der Waals surface area contributed by atoms with E-state index < -0.39 is 0 Å². The molecule has 0 fully saturated rings. The first-order chi connectivity index (χ1) is 10.0. The van der Waals surface area contributed by atoms with Crippen molar-refractivity contribution in [2.45, 2.75) is 37.6 Å². The molecule has 0 spiro atoms. The zero-order valence-corrected chi connectivity index (χ0v) is 14.4. The van der Waals surface area contributed by atoms with E-state index in [2.05, 4.69) is 25.2 Å². The fraction of sp³-hybridized carbons (Fsp3) is 0.625. The summed E-state index contributed by atoms with van der Waals surface area (Å²) in [6, 6.07) is 6.59. The number of methoxy groups -OCH3 is 2. The Morgan fingerprint density at radius 3 is 2.38 bits per heavy atom. The average Bonchev–Trinajstić information content (AvgIpc) is 2.48. The van der Waals surface area contributed by atoms with Crippen LogP contribution in [0.25, 0.3) is 0 Å². The lowest BCUT2D eigenvalue weighted by Crippen LogP contribution is -2.43. The predicted octanol–water partition coefficient (Wildman–Crippen LogP) is 2.34. The van der Waals surface area contributed by atoms with Gasteiger partial charge in [-0.2, -0.15) is 11.8 Å². The van der Waals surface area contributed by atoms with E-state index in [0.29, 0.717) is 6.04 Å². The third-order valence-corrected chi connectivity index (χ3v) is 4.74. The van der Waals surface area contributed by atoms with Gasteiger partial charge in [0.15, 0.2) is 11.5 Å². The van der Waals surface area contributed by atoms with Crippen molar-refractivity contribution in [2.24, 2.45) is 0 Å². The second-order valence-electron chi connectivity index (χ2n) is 5.21. The van der Waals surface area contributed by atoms with Crippen LogP contribution >= 0.6 is 11.8 Å². The van der Waals surface area contributed by atoms with E-state index in [0.717, 1.165) is 17.9 Å². The van der Waals surface area contributed by atoms with Crippen LogP contribution in [0.4, 0.5) is 0 Å². The number of nitrogens with one attached hydrogen (secondary N) is 1. The summed E-state index contributed by atoms with van der Waals surface area (Å²) < 4.78 is 10.6. The van der Waals surface area contributed by atoms with Gasteiger partial charge in [-0.25, -0.2) is 0 Å². The highest BCUT2D eigenvalue weighted by molar-refractivity contribution is 7.99. The highest BCUT2D eigenvalue weighted by atomic mass is 32.2. The number of hydrogen-bond donors (Lipinski definition) is 2. The minimum absolute atomic E-state index is 0.193. The van der Waals surface area contributed by atoms with E-state index in [9.17, 15) is 5.11 Å². The van der Waals surface area contributed by atoms with Crippen molar-refractivity contribution in [1.29, 1.82) is 0 Å². The number of rotatable bonds is 9. The van der Waals surface area contributed by atoms with Gasteiger partial charge in [0.2, 0.25) is 0 Å². The SMILES string of the molecule is COc1ccc(CC(C)NC(C)C(CO)SC)cc1OC. The Morgan fingerprint density at radius 2 is 1.86 bits per heavy atom. The largest absolute Gasteiger partial charge is 0.493 e. The second kappa shape index (κ2) is 9.18. The number of aliphatic hydroxyl groups excluding tert-OH is 1. The van der Waals surface area contributed by atoms with Gasteiger partial charge >= 0.3 is 0 Å². The van der Waals surface area contributed by atoms with E-state index in [1.54, 1.807) is 26.0 Å². The molecule has 0 aliphatic heterocycles. The van der Waals surface area contributed by atoms with Crippen molar-refractivity contribution in [3.8, 4) is 11.5 Å². The van der Waals surface area contributed by atoms with Gasteiger partial charge in [-0.1, -0.05) is 6.07 Å². The highest BCUT2D eigenvalue weighted by Gasteiger charge is 2.17. The molecular weight excluding hydrogens is 286 g/mol. The van der Waals surface area contributed by atoms with E-state index in [1.165, 1.54) is 5.56 Å². The standard InChI is InChI=1S/C16H27NO3S/c1-11(17-12(2)16(10-18)21-5)8-13-6-7-14(19-3)15(9-13)20-4/h6-7,9,11-12,16-18H,8,10H2,1-5H3. The van der Waals surface area contributed by atoms with Crippen molar-refractivity contribution in [3.05, 3.63) is 23.8 Å². The molecule has 1 aromatic rings. The summed E-state index contributed by atoms with van der Waals surface area (Å²) in [5, 5.41) is 13.1. The summed E-state index contributed by atoms with van der Waals surface area (Å²) in [5.74, 6) is 1.51. The van der Waals surface area contributed by atoms with Gasteiger partial charge in [-0.05, 0) is 44.2 Å². The van der Waals surface area contributed by atoms with Gasteiger partial charge < -0.3 is 19.9 Å². The molecule has 3 atom stereocenters. The van der Waals surface area contributed by atoms with Crippen LogP contribution in [0, 0.1) is 0 Å². The van der Waals surface area contributed by atoms with Crippen molar-refractivity contribution >= 4 is 11.8 Å². The maximum Gasteiger partial charge on any atom is 0.160 e. The first-order valence-electron chi connectivity index (χ1n) is 7.16. The first kappa shape index (κ1) is 18.1. The molecule has 5 heteroatoms. The van der Waals surface area contributed by atoms with Gasteiger partial charge in [0.1, 0.15) is 0 Å². The molecule has 0 saturated carbocycles. The third-order valence-electron chi connectivity index (χ3n) is 3.58. The molecule has 0 heterocycles. The lowest BCUT2D eigenvalue weighted by molar-refractivity contribution is 0.271. The van der Waals surface area contributed by atoms with E-state index >= 15 is 0 Å². The van der Waals surface area contributed by atoms with E-state index in [1.807, 2.05) is 18.4 Å². The van der Waals surface area contributed by atoms with Crippen LogP contribution in [0.5, 0.6) is 11.5 Å². The highest BCUT2D eigenvalue weighted by Crippen LogP contribution is 2.28. The molecule has 0 aromatic heterocycles. The van der Waals surface area contributed by atoms with Crippen LogP contribution in [-0.2, 0) is 6.42 Å². The fourth-order valence-corrected chi connectivity index (χ4v) is 3.05. The van der Waals surface area contributed by atoms with Crippen LogP contribution in [0.1, 0.15) is 19.4 Å².